The first-order chi connectivity index (χ1) is 12.0. The van der Waals surface area contributed by atoms with Crippen LogP contribution in [0.15, 0.2) is 30.5 Å². The fourth-order valence-corrected chi connectivity index (χ4v) is 3.03. The normalized spacial score (nSPS) is 11.3. The highest BCUT2D eigenvalue weighted by molar-refractivity contribution is 6.08. The highest BCUT2D eigenvalue weighted by Crippen LogP contribution is 2.36. The molecule has 25 heavy (non-hydrogen) atoms. The van der Waals surface area contributed by atoms with E-state index in [1.165, 1.54) is 6.07 Å². The third-order valence-electron chi connectivity index (χ3n) is 4.19. The Kier molecular flexibility index (Phi) is 3.14. The van der Waals surface area contributed by atoms with E-state index >= 15 is 0 Å². The molecule has 0 aliphatic carbocycles. The number of anilines is 1. The van der Waals surface area contributed by atoms with Crippen LogP contribution >= 0.6 is 0 Å². The number of halogens is 1. The molecule has 0 bridgehead atoms. The quantitative estimate of drug-likeness (QED) is 0.518. The number of aryl methyl sites for hydroxylation is 1. The number of rotatable bonds is 2. The van der Waals surface area contributed by atoms with Crippen LogP contribution in [-0.4, -0.2) is 26.3 Å². The van der Waals surface area contributed by atoms with Crippen LogP contribution in [0, 0.1) is 12.7 Å². The summed E-state index contributed by atoms with van der Waals surface area (Å²) in [5, 5.41) is 15.7. The molecule has 1 amide bonds. The van der Waals surface area contributed by atoms with E-state index in [0.29, 0.717) is 11.1 Å². The van der Waals surface area contributed by atoms with E-state index in [1.54, 1.807) is 13.1 Å². The number of nitrogens with two attached hydrogens (primary N) is 2. The Morgan fingerprint density at radius 3 is 2.80 bits per heavy atom. The van der Waals surface area contributed by atoms with Crippen molar-refractivity contribution in [3.05, 3.63) is 47.5 Å². The van der Waals surface area contributed by atoms with Crippen LogP contribution in [0.4, 0.5) is 10.1 Å². The van der Waals surface area contributed by atoms with Gasteiger partial charge < -0.3 is 11.5 Å². The van der Waals surface area contributed by atoms with Gasteiger partial charge in [0.15, 0.2) is 5.69 Å². The monoisotopic (exact) mass is 336 g/mol. The molecule has 0 unspecified atom stereocenters. The molecule has 124 valence electrons. The minimum Gasteiger partial charge on any atom is -0.396 e. The zero-order valence-corrected chi connectivity index (χ0v) is 13.2. The van der Waals surface area contributed by atoms with Gasteiger partial charge in [0.2, 0.25) is 0 Å². The zero-order chi connectivity index (χ0) is 17.7. The number of carbonyl (C=O) groups is 1. The first-order valence-electron chi connectivity index (χ1n) is 7.45. The number of nitrogens with one attached hydrogen (secondary N) is 1. The number of benzene rings is 2. The van der Waals surface area contributed by atoms with E-state index in [4.69, 9.17) is 11.5 Å². The summed E-state index contributed by atoms with van der Waals surface area (Å²) in [4.78, 5) is 11.4. The van der Waals surface area contributed by atoms with Gasteiger partial charge in [0.1, 0.15) is 11.3 Å². The Labute approximate surface area is 140 Å². The van der Waals surface area contributed by atoms with Gasteiger partial charge in [-0.05, 0) is 30.2 Å². The van der Waals surface area contributed by atoms with Crippen LogP contribution in [0.3, 0.4) is 0 Å². The summed E-state index contributed by atoms with van der Waals surface area (Å²) >= 11 is 0. The number of H-pyrrole nitrogens is 1. The van der Waals surface area contributed by atoms with Crippen molar-refractivity contribution in [3.8, 4) is 11.1 Å². The minimum atomic E-state index is -0.854. The number of primary amides is 1. The van der Waals surface area contributed by atoms with Crippen molar-refractivity contribution in [1.82, 2.24) is 20.4 Å². The predicted molar refractivity (Wildman–Crippen MR) is 92.3 cm³/mol. The fraction of sp³-hybridized carbons (Fsp3) is 0.0588. The van der Waals surface area contributed by atoms with Gasteiger partial charge in [-0.1, -0.05) is 12.1 Å². The summed E-state index contributed by atoms with van der Waals surface area (Å²) in [5.74, 6) is -1.43. The largest absolute Gasteiger partial charge is 0.396 e. The first-order valence-corrected chi connectivity index (χ1v) is 7.45. The number of hydrogen-bond donors (Lipinski definition) is 3. The number of nitrogens with zero attached hydrogens (tertiary/aromatic N) is 3. The lowest BCUT2D eigenvalue weighted by atomic mass is 9.95. The average Bonchev–Trinajstić information content (AvgIpc) is 3.02. The SMILES string of the molecule is Cc1cc(F)c2c(N)c(C(N)=O)nnc2c1-c1ccc2cn[nH]c2c1. The van der Waals surface area contributed by atoms with E-state index in [0.717, 1.165) is 16.5 Å². The maximum Gasteiger partial charge on any atom is 0.271 e. The van der Waals surface area contributed by atoms with Crippen LogP contribution in [0.1, 0.15) is 16.1 Å². The van der Waals surface area contributed by atoms with Gasteiger partial charge in [-0.15, -0.1) is 10.2 Å². The Balaban J connectivity index is 2.09. The van der Waals surface area contributed by atoms with Crippen molar-refractivity contribution >= 4 is 33.4 Å². The van der Waals surface area contributed by atoms with Crippen molar-refractivity contribution < 1.29 is 9.18 Å². The van der Waals surface area contributed by atoms with Crippen molar-refractivity contribution in [2.24, 2.45) is 5.73 Å². The molecule has 7 nitrogen and oxygen atoms in total. The number of aromatic amines is 1. The molecule has 5 N–H and O–H groups in total. The molecule has 0 radical (unpaired) electrons. The van der Waals surface area contributed by atoms with E-state index in [1.807, 2.05) is 18.2 Å². The van der Waals surface area contributed by atoms with Crippen LogP contribution in [0.5, 0.6) is 0 Å². The van der Waals surface area contributed by atoms with Crippen LogP contribution in [0.2, 0.25) is 0 Å². The van der Waals surface area contributed by atoms with Gasteiger partial charge in [-0.3, -0.25) is 9.89 Å². The van der Waals surface area contributed by atoms with Gasteiger partial charge in [-0.25, -0.2) is 4.39 Å². The molecular weight excluding hydrogens is 323 g/mol. The highest BCUT2D eigenvalue weighted by atomic mass is 19.1. The van der Waals surface area contributed by atoms with Gasteiger partial charge >= 0.3 is 0 Å². The summed E-state index contributed by atoms with van der Waals surface area (Å²) in [7, 11) is 0. The Morgan fingerprint density at radius 1 is 1.24 bits per heavy atom. The Hall–Kier alpha value is -3.55. The van der Waals surface area contributed by atoms with Crippen molar-refractivity contribution in [3.63, 3.8) is 0 Å². The second-order valence-corrected chi connectivity index (χ2v) is 5.77. The van der Waals surface area contributed by atoms with E-state index in [-0.39, 0.29) is 22.3 Å². The molecule has 4 aromatic rings. The molecule has 0 saturated heterocycles. The third-order valence-corrected chi connectivity index (χ3v) is 4.19. The van der Waals surface area contributed by atoms with Gasteiger partial charge in [0.05, 0.1) is 22.8 Å². The molecule has 0 aliphatic rings. The maximum atomic E-state index is 14.5. The second kappa shape index (κ2) is 5.23. The molecule has 0 fully saturated rings. The van der Waals surface area contributed by atoms with Crippen molar-refractivity contribution in [1.29, 1.82) is 0 Å². The molecule has 0 saturated carbocycles. The average molecular weight is 336 g/mol. The number of nitrogen functional groups attached to an aromatic ring is 1. The summed E-state index contributed by atoms with van der Waals surface area (Å²) in [6.45, 7) is 1.77. The Morgan fingerprint density at radius 2 is 2.04 bits per heavy atom. The van der Waals surface area contributed by atoms with Crippen LogP contribution in [-0.2, 0) is 0 Å². The van der Waals surface area contributed by atoms with Crippen LogP contribution in [0.25, 0.3) is 32.9 Å². The number of hydrogen-bond acceptors (Lipinski definition) is 5. The van der Waals surface area contributed by atoms with E-state index in [2.05, 4.69) is 20.4 Å². The molecule has 4 rings (SSSR count). The lowest BCUT2D eigenvalue weighted by molar-refractivity contribution is 0.0996. The Bertz CT molecular complexity index is 1170. The van der Waals surface area contributed by atoms with Gasteiger partial charge in [0, 0.05) is 10.9 Å². The van der Waals surface area contributed by atoms with E-state index < -0.39 is 11.7 Å². The number of amides is 1. The topological polar surface area (TPSA) is 124 Å². The molecule has 2 heterocycles. The van der Waals surface area contributed by atoms with Gasteiger partial charge in [-0.2, -0.15) is 5.10 Å². The predicted octanol–water partition coefficient (Wildman–Crippen LogP) is 2.30. The molecule has 0 aliphatic heterocycles. The third kappa shape index (κ3) is 2.18. The number of fused-ring (bicyclic) bond motifs is 2. The smallest absolute Gasteiger partial charge is 0.271 e. The first kappa shape index (κ1) is 15.0. The number of aromatic nitrogens is 4. The summed E-state index contributed by atoms with van der Waals surface area (Å²) in [6, 6.07) is 7.04. The number of carbonyl (C=O) groups excluding carboxylic acids is 1. The standard InChI is InChI=1S/C17H13FN6O/c1-7-4-10(18)13-14(19)16(17(20)25)24-23-15(13)12(7)8-2-3-9-6-21-22-11(9)5-8/h2-6H,1H3,(H2,19,23)(H2,20,25)(H,21,22). The summed E-state index contributed by atoms with van der Waals surface area (Å²) in [6.07, 6.45) is 1.71. The zero-order valence-electron chi connectivity index (χ0n) is 13.2. The highest BCUT2D eigenvalue weighted by Gasteiger charge is 2.20. The molecule has 8 heteroatoms. The maximum absolute atomic E-state index is 14.5. The van der Waals surface area contributed by atoms with Crippen LogP contribution < -0.4 is 11.5 Å². The summed E-state index contributed by atoms with van der Waals surface area (Å²) in [5.41, 5.74) is 14.1. The molecular formula is C17H13FN6O. The van der Waals surface area contributed by atoms with E-state index in [9.17, 15) is 9.18 Å². The lowest BCUT2D eigenvalue weighted by Crippen LogP contribution is -2.17. The minimum absolute atomic E-state index is 0.0362. The second-order valence-electron chi connectivity index (χ2n) is 5.77. The van der Waals surface area contributed by atoms with Gasteiger partial charge in [0.25, 0.3) is 5.91 Å². The van der Waals surface area contributed by atoms with Crippen molar-refractivity contribution in [2.45, 2.75) is 6.92 Å². The van der Waals surface area contributed by atoms with Crippen molar-refractivity contribution in [2.75, 3.05) is 5.73 Å². The molecule has 0 atom stereocenters. The lowest BCUT2D eigenvalue weighted by Gasteiger charge is -2.13. The molecule has 2 aromatic heterocycles. The summed E-state index contributed by atoms with van der Waals surface area (Å²) < 4.78 is 14.5. The molecule has 0 spiro atoms. The molecule has 2 aromatic carbocycles. The fourth-order valence-electron chi connectivity index (χ4n) is 3.03.